The van der Waals surface area contributed by atoms with Gasteiger partial charge in [0.1, 0.15) is 11.5 Å². The third-order valence-corrected chi connectivity index (χ3v) is 3.94. The highest BCUT2D eigenvalue weighted by atomic mass is 32.1. The van der Waals surface area contributed by atoms with Gasteiger partial charge in [-0.05, 0) is 18.2 Å². The van der Waals surface area contributed by atoms with Crippen molar-refractivity contribution in [2.45, 2.75) is 6.61 Å². The summed E-state index contributed by atoms with van der Waals surface area (Å²) in [7, 11) is 3.28. The first-order chi connectivity index (χ1) is 9.76. The van der Waals surface area contributed by atoms with Crippen LogP contribution in [-0.2, 0) is 6.61 Å². The van der Waals surface area contributed by atoms with E-state index in [1.807, 2.05) is 34.2 Å². The second-order valence-corrected chi connectivity index (χ2v) is 5.07. The van der Waals surface area contributed by atoms with Crippen LogP contribution in [-0.4, -0.2) is 28.7 Å². The van der Waals surface area contributed by atoms with E-state index in [1.54, 1.807) is 14.2 Å². The number of benzene rings is 1. The van der Waals surface area contributed by atoms with Crippen LogP contribution in [0.4, 0.5) is 0 Å². The smallest absolute Gasteiger partial charge is 0.194 e. The summed E-state index contributed by atoms with van der Waals surface area (Å²) < 4.78 is 12.6. The van der Waals surface area contributed by atoms with Crippen LogP contribution in [0, 0.1) is 0 Å². The standard InChI is InChI=1S/C14H14N2O3S/c1-18-10-3-4-13(19-2)11(5-10)12-8-20-14-15-9(7-17)6-16(12)14/h3-6,8,17H,7H2,1-2H3. The molecule has 1 N–H and O–H groups in total. The predicted molar refractivity (Wildman–Crippen MR) is 77.5 cm³/mol. The second kappa shape index (κ2) is 5.15. The first-order valence-corrected chi connectivity index (χ1v) is 6.93. The van der Waals surface area contributed by atoms with E-state index in [0.717, 1.165) is 27.7 Å². The van der Waals surface area contributed by atoms with Crippen molar-refractivity contribution in [3.63, 3.8) is 0 Å². The lowest BCUT2D eigenvalue weighted by Gasteiger charge is -2.09. The molecule has 0 spiro atoms. The molecule has 0 amide bonds. The van der Waals surface area contributed by atoms with Crippen LogP contribution in [0.3, 0.4) is 0 Å². The Morgan fingerprint density at radius 3 is 2.85 bits per heavy atom. The molecule has 0 saturated carbocycles. The summed E-state index contributed by atoms with van der Waals surface area (Å²) in [6.07, 6.45) is 1.83. The molecule has 0 saturated heterocycles. The summed E-state index contributed by atoms with van der Waals surface area (Å²) in [6, 6.07) is 5.67. The van der Waals surface area contributed by atoms with Crippen molar-refractivity contribution < 1.29 is 14.6 Å². The molecule has 2 heterocycles. The van der Waals surface area contributed by atoms with Gasteiger partial charge < -0.3 is 14.6 Å². The summed E-state index contributed by atoms with van der Waals surface area (Å²) in [4.78, 5) is 5.18. The number of aliphatic hydroxyl groups is 1. The highest BCUT2D eigenvalue weighted by Crippen LogP contribution is 2.35. The number of fused-ring (bicyclic) bond motifs is 1. The van der Waals surface area contributed by atoms with Crippen molar-refractivity contribution in [2.75, 3.05) is 14.2 Å². The Balaban J connectivity index is 2.20. The first-order valence-electron chi connectivity index (χ1n) is 6.05. The Hall–Kier alpha value is -2.05. The molecule has 6 heteroatoms. The summed E-state index contributed by atoms with van der Waals surface area (Å²) in [6.45, 7) is -0.0664. The summed E-state index contributed by atoms with van der Waals surface area (Å²) >= 11 is 1.52. The van der Waals surface area contributed by atoms with Crippen molar-refractivity contribution >= 4 is 16.3 Å². The number of imidazole rings is 1. The van der Waals surface area contributed by atoms with Gasteiger partial charge >= 0.3 is 0 Å². The van der Waals surface area contributed by atoms with Crippen molar-refractivity contribution in [1.29, 1.82) is 0 Å². The fourth-order valence-electron chi connectivity index (χ4n) is 2.11. The van der Waals surface area contributed by atoms with E-state index in [9.17, 15) is 5.11 Å². The molecule has 0 aliphatic carbocycles. The van der Waals surface area contributed by atoms with Crippen molar-refractivity contribution in [2.24, 2.45) is 0 Å². The zero-order valence-corrected chi connectivity index (χ0v) is 12.0. The largest absolute Gasteiger partial charge is 0.497 e. The van der Waals surface area contributed by atoms with Crippen molar-refractivity contribution in [3.8, 4) is 22.8 Å². The minimum absolute atomic E-state index is 0.0664. The molecule has 0 atom stereocenters. The lowest BCUT2D eigenvalue weighted by molar-refractivity contribution is 0.277. The lowest BCUT2D eigenvalue weighted by Crippen LogP contribution is -1.92. The lowest BCUT2D eigenvalue weighted by atomic mass is 10.1. The zero-order chi connectivity index (χ0) is 14.1. The average molecular weight is 290 g/mol. The topological polar surface area (TPSA) is 56.0 Å². The van der Waals surface area contributed by atoms with E-state index < -0.39 is 0 Å². The number of nitrogens with zero attached hydrogens (tertiary/aromatic N) is 2. The highest BCUT2D eigenvalue weighted by molar-refractivity contribution is 7.15. The molecular weight excluding hydrogens is 276 g/mol. The maximum absolute atomic E-state index is 9.19. The van der Waals surface area contributed by atoms with Gasteiger partial charge in [0, 0.05) is 17.1 Å². The number of ether oxygens (including phenoxy) is 2. The third-order valence-electron chi connectivity index (χ3n) is 3.10. The third kappa shape index (κ3) is 2.03. The molecule has 3 aromatic rings. The molecule has 0 radical (unpaired) electrons. The molecule has 5 nitrogen and oxygen atoms in total. The molecule has 0 aliphatic heterocycles. The van der Waals surface area contributed by atoms with Crippen LogP contribution in [0.5, 0.6) is 11.5 Å². The number of methoxy groups -OCH3 is 2. The van der Waals surface area contributed by atoms with Crippen molar-refractivity contribution in [1.82, 2.24) is 9.38 Å². The zero-order valence-electron chi connectivity index (χ0n) is 11.2. The van der Waals surface area contributed by atoms with Crippen LogP contribution in [0.15, 0.2) is 29.8 Å². The maximum atomic E-state index is 9.19. The van der Waals surface area contributed by atoms with Gasteiger partial charge in [0.2, 0.25) is 0 Å². The Morgan fingerprint density at radius 1 is 1.30 bits per heavy atom. The fourth-order valence-corrected chi connectivity index (χ4v) is 3.01. The van der Waals surface area contributed by atoms with Crippen LogP contribution >= 0.6 is 11.3 Å². The van der Waals surface area contributed by atoms with Crippen LogP contribution in [0.1, 0.15) is 5.69 Å². The minimum atomic E-state index is -0.0664. The number of hydrogen-bond acceptors (Lipinski definition) is 5. The Labute approximate surface area is 120 Å². The van der Waals surface area contributed by atoms with Crippen LogP contribution in [0.2, 0.25) is 0 Å². The summed E-state index contributed by atoms with van der Waals surface area (Å²) in [5, 5.41) is 11.2. The van der Waals surface area contributed by atoms with Gasteiger partial charge in [-0.15, -0.1) is 11.3 Å². The van der Waals surface area contributed by atoms with E-state index >= 15 is 0 Å². The Kier molecular flexibility index (Phi) is 3.33. The molecule has 104 valence electrons. The number of aliphatic hydroxyl groups excluding tert-OH is 1. The van der Waals surface area contributed by atoms with Gasteiger partial charge in [0.05, 0.1) is 32.2 Å². The molecule has 0 bridgehead atoms. The molecule has 1 aromatic carbocycles. The predicted octanol–water partition coefficient (Wildman–Crippen LogP) is 2.57. The SMILES string of the molecule is COc1ccc(OC)c(-c2csc3nc(CO)cn23)c1. The normalized spacial score (nSPS) is 10.9. The van der Waals surface area contributed by atoms with Gasteiger partial charge in [-0.25, -0.2) is 4.98 Å². The summed E-state index contributed by atoms with van der Waals surface area (Å²) in [5.74, 6) is 1.53. The highest BCUT2D eigenvalue weighted by Gasteiger charge is 2.14. The minimum Gasteiger partial charge on any atom is -0.497 e. The molecule has 0 aliphatic rings. The van der Waals surface area contributed by atoms with E-state index in [-0.39, 0.29) is 6.61 Å². The van der Waals surface area contributed by atoms with E-state index in [0.29, 0.717) is 5.69 Å². The van der Waals surface area contributed by atoms with Crippen LogP contribution < -0.4 is 9.47 Å². The van der Waals surface area contributed by atoms with Crippen molar-refractivity contribution in [3.05, 3.63) is 35.5 Å². The van der Waals surface area contributed by atoms with Gasteiger partial charge in [-0.2, -0.15) is 0 Å². The molecule has 0 fully saturated rings. The molecule has 20 heavy (non-hydrogen) atoms. The molecule has 0 unspecified atom stereocenters. The molecular formula is C14H14N2O3S. The number of hydrogen-bond donors (Lipinski definition) is 1. The second-order valence-electron chi connectivity index (χ2n) is 4.23. The first kappa shape index (κ1) is 13.0. The maximum Gasteiger partial charge on any atom is 0.194 e. The quantitative estimate of drug-likeness (QED) is 0.802. The van der Waals surface area contributed by atoms with E-state index in [1.165, 1.54) is 11.3 Å². The van der Waals surface area contributed by atoms with E-state index in [2.05, 4.69) is 4.98 Å². The molecule has 2 aromatic heterocycles. The Morgan fingerprint density at radius 2 is 2.15 bits per heavy atom. The van der Waals surface area contributed by atoms with Crippen LogP contribution in [0.25, 0.3) is 16.2 Å². The number of thiazole rings is 1. The number of aromatic nitrogens is 2. The van der Waals surface area contributed by atoms with Gasteiger partial charge in [-0.1, -0.05) is 0 Å². The van der Waals surface area contributed by atoms with Gasteiger partial charge in [0.15, 0.2) is 4.96 Å². The van der Waals surface area contributed by atoms with Gasteiger partial charge in [0.25, 0.3) is 0 Å². The van der Waals surface area contributed by atoms with E-state index in [4.69, 9.17) is 9.47 Å². The fraction of sp³-hybridized carbons (Fsp3) is 0.214. The van der Waals surface area contributed by atoms with Gasteiger partial charge in [-0.3, -0.25) is 4.40 Å². The Bertz CT molecular complexity index is 748. The number of rotatable bonds is 4. The average Bonchev–Trinajstić information content (AvgIpc) is 3.06. The monoisotopic (exact) mass is 290 g/mol. The summed E-state index contributed by atoms with van der Waals surface area (Å²) in [5.41, 5.74) is 2.55. The molecule has 3 rings (SSSR count).